The van der Waals surface area contributed by atoms with Gasteiger partial charge < -0.3 is 15.8 Å². The third-order valence-electron chi connectivity index (χ3n) is 3.34. The van der Waals surface area contributed by atoms with Gasteiger partial charge in [-0.25, -0.2) is 4.39 Å². The van der Waals surface area contributed by atoms with E-state index in [0.717, 1.165) is 25.0 Å². The summed E-state index contributed by atoms with van der Waals surface area (Å²) >= 11 is 0. The van der Waals surface area contributed by atoms with Crippen molar-refractivity contribution in [2.45, 2.75) is 25.8 Å². The van der Waals surface area contributed by atoms with Crippen molar-refractivity contribution in [1.29, 1.82) is 0 Å². The molecule has 19 heavy (non-hydrogen) atoms. The summed E-state index contributed by atoms with van der Waals surface area (Å²) in [6.45, 7) is 3.03. The normalized spacial score (nSPS) is 20.8. The van der Waals surface area contributed by atoms with Crippen molar-refractivity contribution in [3.8, 4) is 0 Å². The quantitative estimate of drug-likeness (QED) is 0.873. The van der Waals surface area contributed by atoms with E-state index in [1.165, 1.54) is 12.1 Å². The molecule has 3 N–H and O–H groups in total. The van der Waals surface area contributed by atoms with Crippen molar-refractivity contribution in [2.24, 2.45) is 11.7 Å². The molecule has 2 unspecified atom stereocenters. The standard InChI is InChI=1S/C14H19FN2O2/c1-9-5-11(15)7-12(6-9)17-13(14(16)18)10-3-2-4-19-8-10/h5-7,10,13,17H,2-4,8H2,1H3,(H2,16,18). The van der Waals surface area contributed by atoms with E-state index in [2.05, 4.69) is 5.32 Å². The average Bonchev–Trinajstić information content (AvgIpc) is 2.35. The summed E-state index contributed by atoms with van der Waals surface area (Å²) in [7, 11) is 0. The summed E-state index contributed by atoms with van der Waals surface area (Å²) in [6, 6.07) is 4.07. The van der Waals surface area contributed by atoms with E-state index < -0.39 is 11.9 Å². The summed E-state index contributed by atoms with van der Waals surface area (Å²) in [4.78, 5) is 11.6. The number of aryl methyl sites for hydroxylation is 1. The molecule has 2 rings (SSSR count). The van der Waals surface area contributed by atoms with Crippen LogP contribution in [0.15, 0.2) is 18.2 Å². The molecule has 0 bridgehead atoms. The summed E-state index contributed by atoms with van der Waals surface area (Å²) in [5.41, 5.74) is 6.81. The van der Waals surface area contributed by atoms with Crippen molar-refractivity contribution in [3.63, 3.8) is 0 Å². The Kier molecular flexibility index (Phi) is 4.37. The second-order valence-electron chi connectivity index (χ2n) is 5.02. The van der Waals surface area contributed by atoms with Gasteiger partial charge in [-0.1, -0.05) is 0 Å². The van der Waals surface area contributed by atoms with Crippen LogP contribution in [0.5, 0.6) is 0 Å². The number of ether oxygens (including phenoxy) is 1. The van der Waals surface area contributed by atoms with Crippen LogP contribution in [0.3, 0.4) is 0 Å². The number of benzene rings is 1. The molecule has 104 valence electrons. The van der Waals surface area contributed by atoms with E-state index in [-0.39, 0.29) is 11.7 Å². The van der Waals surface area contributed by atoms with Gasteiger partial charge in [0.1, 0.15) is 11.9 Å². The van der Waals surface area contributed by atoms with E-state index >= 15 is 0 Å². The Balaban J connectivity index is 2.13. The first-order valence-corrected chi connectivity index (χ1v) is 6.47. The number of carbonyl (C=O) groups excluding carboxylic acids is 1. The molecule has 5 heteroatoms. The molecule has 1 saturated heterocycles. The minimum Gasteiger partial charge on any atom is -0.381 e. The lowest BCUT2D eigenvalue weighted by atomic mass is 9.93. The van der Waals surface area contributed by atoms with Crippen molar-refractivity contribution < 1.29 is 13.9 Å². The van der Waals surface area contributed by atoms with Gasteiger partial charge in [-0.05, 0) is 43.5 Å². The molecule has 1 aliphatic heterocycles. The predicted octanol–water partition coefficient (Wildman–Crippen LogP) is 1.83. The molecule has 0 spiro atoms. The Morgan fingerprint density at radius 2 is 2.32 bits per heavy atom. The first kappa shape index (κ1) is 13.8. The van der Waals surface area contributed by atoms with Gasteiger partial charge in [-0.15, -0.1) is 0 Å². The van der Waals surface area contributed by atoms with Crippen molar-refractivity contribution in [3.05, 3.63) is 29.6 Å². The number of hydrogen-bond donors (Lipinski definition) is 2. The van der Waals surface area contributed by atoms with Crippen LogP contribution < -0.4 is 11.1 Å². The number of nitrogens with one attached hydrogen (secondary N) is 1. The van der Waals surface area contributed by atoms with Crippen molar-refractivity contribution in [1.82, 2.24) is 0 Å². The van der Waals surface area contributed by atoms with Gasteiger partial charge >= 0.3 is 0 Å². The van der Waals surface area contributed by atoms with Crippen LogP contribution >= 0.6 is 0 Å². The van der Waals surface area contributed by atoms with Crippen LogP contribution in [-0.2, 0) is 9.53 Å². The smallest absolute Gasteiger partial charge is 0.240 e. The summed E-state index contributed by atoms with van der Waals surface area (Å²) in [6.07, 6.45) is 1.80. The molecular weight excluding hydrogens is 247 g/mol. The lowest BCUT2D eigenvalue weighted by Crippen LogP contribution is -2.44. The van der Waals surface area contributed by atoms with Crippen LogP contribution in [0.4, 0.5) is 10.1 Å². The van der Waals surface area contributed by atoms with Crippen LogP contribution in [0.1, 0.15) is 18.4 Å². The zero-order chi connectivity index (χ0) is 13.8. The number of anilines is 1. The third-order valence-corrected chi connectivity index (χ3v) is 3.34. The second-order valence-corrected chi connectivity index (χ2v) is 5.02. The molecular formula is C14H19FN2O2. The van der Waals surface area contributed by atoms with Gasteiger partial charge in [0.2, 0.25) is 5.91 Å². The maximum atomic E-state index is 13.3. The van der Waals surface area contributed by atoms with Gasteiger partial charge in [-0.3, -0.25) is 4.79 Å². The summed E-state index contributed by atoms with van der Waals surface area (Å²) < 4.78 is 18.7. The van der Waals surface area contributed by atoms with Gasteiger partial charge in [0.15, 0.2) is 0 Å². The minimum atomic E-state index is -0.526. The largest absolute Gasteiger partial charge is 0.381 e. The van der Waals surface area contributed by atoms with Crippen molar-refractivity contribution in [2.75, 3.05) is 18.5 Å². The molecule has 1 aromatic rings. The van der Waals surface area contributed by atoms with Crippen molar-refractivity contribution >= 4 is 11.6 Å². The first-order valence-electron chi connectivity index (χ1n) is 6.47. The monoisotopic (exact) mass is 266 g/mol. The number of primary amides is 1. The molecule has 1 fully saturated rings. The number of amides is 1. The van der Waals surface area contributed by atoms with Crippen LogP contribution in [0.2, 0.25) is 0 Å². The molecule has 1 amide bonds. The number of rotatable bonds is 4. The van der Waals surface area contributed by atoms with Gasteiger partial charge in [0, 0.05) is 18.2 Å². The van der Waals surface area contributed by atoms with Crippen LogP contribution in [-0.4, -0.2) is 25.2 Å². The van der Waals surface area contributed by atoms with Gasteiger partial charge in [-0.2, -0.15) is 0 Å². The van der Waals surface area contributed by atoms with E-state index in [1.54, 1.807) is 13.0 Å². The first-order chi connectivity index (χ1) is 9.06. The Morgan fingerprint density at radius 3 is 2.89 bits per heavy atom. The molecule has 1 aromatic carbocycles. The topological polar surface area (TPSA) is 64.3 Å². The third kappa shape index (κ3) is 3.67. The van der Waals surface area contributed by atoms with Crippen LogP contribution in [0.25, 0.3) is 0 Å². The van der Waals surface area contributed by atoms with E-state index in [9.17, 15) is 9.18 Å². The Morgan fingerprint density at radius 1 is 1.53 bits per heavy atom. The van der Waals surface area contributed by atoms with Gasteiger partial charge in [0.25, 0.3) is 0 Å². The molecule has 4 nitrogen and oxygen atoms in total. The molecule has 2 atom stereocenters. The fraction of sp³-hybridized carbons (Fsp3) is 0.500. The summed E-state index contributed by atoms with van der Waals surface area (Å²) in [5, 5.41) is 3.04. The molecule has 0 radical (unpaired) electrons. The second kappa shape index (κ2) is 6.02. The predicted molar refractivity (Wildman–Crippen MR) is 71.3 cm³/mol. The highest BCUT2D eigenvalue weighted by Gasteiger charge is 2.28. The molecule has 1 heterocycles. The Hall–Kier alpha value is -1.62. The lowest BCUT2D eigenvalue weighted by Gasteiger charge is -2.29. The average molecular weight is 266 g/mol. The van der Waals surface area contributed by atoms with E-state index in [1.807, 2.05) is 0 Å². The maximum absolute atomic E-state index is 13.3. The molecule has 0 saturated carbocycles. The summed E-state index contributed by atoms with van der Waals surface area (Å²) in [5.74, 6) is -0.724. The van der Waals surface area contributed by atoms with E-state index in [0.29, 0.717) is 12.3 Å². The fourth-order valence-electron chi connectivity index (χ4n) is 2.45. The molecule has 1 aliphatic rings. The van der Waals surface area contributed by atoms with Crippen LogP contribution in [0, 0.1) is 18.7 Å². The van der Waals surface area contributed by atoms with Gasteiger partial charge in [0.05, 0.1) is 6.61 Å². The lowest BCUT2D eigenvalue weighted by molar-refractivity contribution is -0.121. The highest BCUT2D eigenvalue weighted by atomic mass is 19.1. The highest BCUT2D eigenvalue weighted by molar-refractivity contribution is 5.83. The maximum Gasteiger partial charge on any atom is 0.240 e. The number of nitrogens with two attached hydrogens (primary N) is 1. The fourth-order valence-corrected chi connectivity index (χ4v) is 2.45. The number of carbonyl (C=O) groups is 1. The zero-order valence-corrected chi connectivity index (χ0v) is 11.0. The Bertz CT molecular complexity index is 439. The number of hydrogen-bond acceptors (Lipinski definition) is 3. The Labute approximate surface area is 112 Å². The highest BCUT2D eigenvalue weighted by Crippen LogP contribution is 2.22. The number of halogens is 1. The zero-order valence-electron chi connectivity index (χ0n) is 11.0. The molecule has 0 aliphatic carbocycles. The van der Waals surface area contributed by atoms with E-state index in [4.69, 9.17) is 10.5 Å². The molecule has 0 aromatic heterocycles. The minimum absolute atomic E-state index is 0.0369. The SMILES string of the molecule is Cc1cc(F)cc(NC(C(N)=O)C2CCCOC2)c1.